The molecule has 1 aliphatic rings. The number of rotatable bonds is 4. The third-order valence-electron chi connectivity index (χ3n) is 4.86. The molecule has 0 bridgehead atoms. The maximum absolute atomic E-state index is 14.1. The van der Waals surface area contributed by atoms with Crippen molar-refractivity contribution in [2.75, 3.05) is 6.54 Å². The van der Waals surface area contributed by atoms with E-state index >= 15 is 0 Å². The second-order valence-electron chi connectivity index (χ2n) is 6.50. The summed E-state index contributed by atoms with van der Waals surface area (Å²) < 4.78 is 29.3. The zero-order valence-electron chi connectivity index (χ0n) is 14.2. The van der Waals surface area contributed by atoms with Crippen LogP contribution in [0.2, 0.25) is 0 Å². The van der Waals surface area contributed by atoms with E-state index in [2.05, 4.69) is 5.10 Å². The number of aliphatic hydroxyl groups excluding tert-OH is 1. The van der Waals surface area contributed by atoms with Gasteiger partial charge in [0.25, 0.3) is 0 Å². The highest BCUT2D eigenvalue weighted by Crippen LogP contribution is 2.34. The minimum absolute atomic E-state index is 0.113. The second-order valence-corrected chi connectivity index (χ2v) is 6.50. The summed E-state index contributed by atoms with van der Waals surface area (Å²) in [4.78, 5) is 14.1. The van der Waals surface area contributed by atoms with Crippen molar-refractivity contribution in [1.29, 1.82) is 0 Å². The first-order chi connectivity index (χ1) is 11.9. The first-order valence-corrected chi connectivity index (χ1v) is 8.26. The molecular weight excluding hydrogens is 328 g/mol. The number of benzene rings is 1. The van der Waals surface area contributed by atoms with Crippen LogP contribution < -0.4 is 0 Å². The molecule has 1 aromatic carbocycles. The number of aromatic nitrogens is 2. The van der Waals surface area contributed by atoms with Gasteiger partial charge in [0.2, 0.25) is 5.91 Å². The lowest BCUT2D eigenvalue weighted by atomic mass is 10.0. The highest BCUT2D eigenvalue weighted by Gasteiger charge is 2.36. The Bertz CT molecular complexity index is 791. The van der Waals surface area contributed by atoms with Crippen LogP contribution in [0.1, 0.15) is 35.7 Å². The average molecular weight is 349 g/mol. The van der Waals surface area contributed by atoms with Gasteiger partial charge in [-0.05, 0) is 43.5 Å². The Kier molecular flexibility index (Phi) is 4.85. The molecule has 5 nitrogen and oxygen atoms in total. The SMILES string of the molecule is Cc1c(CCC(=O)N2CC(O)CC2c2cc(F)ccc2F)cnn1C. The van der Waals surface area contributed by atoms with E-state index in [9.17, 15) is 18.7 Å². The highest BCUT2D eigenvalue weighted by atomic mass is 19.1. The molecule has 0 radical (unpaired) electrons. The van der Waals surface area contributed by atoms with Gasteiger partial charge in [0.1, 0.15) is 11.6 Å². The number of hydrogen-bond acceptors (Lipinski definition) is 3. The third-order valence-corrected chi connectivity index (χ3v) is 4.86. The smallest absolute Gasteiger partial charge is 0.223 e. The molecular formula is C18H21F2N3O2. The van der Waals surface area contributed by atoms with Gasteiger partial charge >= 0.3 is 0 Å². The number of hydrogen-bond donors (Lipinski definition) is 1. The van der Waals surface area contributed by atoms with Gasteiger partial charge in [0, 0.05) is 31.3 Å². The summed E-state index contributed by atoms with van der Waals surface area (Å²) >= 11 is 0. The second kappa shape index (κ2) is 6.92. The molecule has 1 aromatic heterocycles. The van der Waals surface area contributed by atoms with Crippen molar-refractivity contribution < 1.29 is 18.7 Å². The van der Waals surface area contributed by atoms with Crippen LogP contribution in [0.25, 0.3) is 0 Å². The molecule has 2 unspecified atom stereocenters. The van der Waals surface area contributed by atoms with Crippen molar-refractivity contribution >= 4 is 5.91 Å². The van der Waals surface area contributed by atoms with Gasteiger partial charge in [-0.3, -0.25) is 9.48 Å². The lowest BCUT2D eigenvalue weighted by Gasteiger charge is -2.25. The van der Waals surface area contributed by atoms with E-state index in [-0.39, 0.29) is 30.9 Å². The van der Waals surface area contributed by atoms with Gasteiger partial charge in [-0.1, -0.05) is 0 Å². The number of aryl methyl sites for hydroxylation is 2. The molecule has 2 atom stereocenters. The van der Waals surface area contributed by atoms with Gasteiger partial charge in [0.15, 0.2) is 0 Å². The predicted octanol–water partition coefficient (Wildman–Crippen LogP) is 2.27. The highest BCUT2D eigenvalue weighted by molar-refractivity contribution is 5.77. The lowest BCUT2D eigenvalue weighted by molar-refractivity contribution is -0.132. The summed E-state index contributed by atoms with van der Waals surface area (Å²) in [5.41, 5.74) is 2.08. The molecule has 3 rings (SSSR count). The van der Waals surface area contributed by atoms with Crippen molar-refractivity contribution in [2.24, 2.45) is 7.05 Å². The van der Waals surface area contributed by atoms with Crippen molar-refractivity contribution in [1.82, 2.24) is 14.7 Å². The van der Waals surface area contributed by atoms with E-state index in [1.54, 1.807) is 10.9 Å². The molecule has 1 N–H and O–H groups in total. The maximum atomic E-state index is 14.1. The van der Waals surface area contributed by atoms with Crippen molar-refractivity contribution in [3.05, 3.63) is 52.9 Å². The number of nitrogens with zero attached hydrogens (tertiary/aromatic N) is 3. The summed E-state index contributed by atoms with van der Waals surface area (Å²) in [7, 11) is 1.83. The van der Waals surface area contributed by atoms with E-state index in [1.165, 1.54) is 4.90 Å². The molecule has 1 aliphatic heterocycles. The third kappa shape index (κ3) is 3.56. The Morgan fingerprint density at radius 1 is 1.40 bits per heavy atom. The number of likely N-dealkylation sites (tertiary alicyclic amines) is 1. The molecule has 0 spiro atoms. The molecule has 0 saturated carbocycles. The Morgan fingerprint density at radius 3 is 2.84 bits per heavy atom. The minimum Gasteiger partial charge on any atom is -0.391 e. The zero-order chi connectivity index (χ0) is 18.1. The number of halogens is 2. The van der Waals surface area contributed by atoms with Crippen LogP contribution in [0.4, 0.5) is 8.78 Å². The molecule has 2 heterocycles. The lowest BCUT2D eigenvalue weighted by Crippen LogP contribution is -2.32. The van der Waals surface area contributed by atoms with E-state index in [0.29, 0.717) is 6.42 Å². The molecule has 1 amide bonds. The van der Waals surface area contributed by atoms with Crippen LogP contribution in [0, 0.1) is 18.6 Å². The molecule has 134 valence electrons. The minimum atomic E-state index is -0.739. The fourth-order valence-corrected chi connectivity index (χ4v) is 3.33. The summed E-state index contributed by atoms with van der Waals surface area (Å²) in [5, 5.41) is 14.1. The standard InChI is InChI=1S/C18H21F2N3O2/c1-11-12(9-21-22(11)2)3-6-18(25)23-10-14(24)8-17(23)15-7-13(19)4-5-16(15)20/h4-5,7,9,14,17,24H,3,6,8,10H2,1-2H3. The Labute approximate surface area is 144 Å². The zero-order valence-corrected chi connectivity index (χ0v) is 14.2. The largest absolute Gasteiger partial charge is 0.391 e. The Morgan fingerprint density at radius 2 is 2.16 bits per heavy atom. The summed E-state index contributed by atoms with van der Waals surface area (Å²) in [6.45, 7) is 2.06. The fourth-order valence-electron chi connectivity index (χ4n) is 3.33. The van der Waals surface area contributed by atoms with Crippen LogP contribution in [-0.4, -0.2) is 38.3 Å². The molecule has 1 fully saturated rings. The topological polar surface area (TPSA) is 58.4 Å². The van der Waals surface area contributed by atoms with E-state index in [0.717, 1.165) is 29.5 Å². The van der Waals surface area contributed by atoms with Crippen molar-refractivity contribution in [3.63, 3.8) is 0 Å². The molecule has 0 aliphatic carbocycles. The van der Waals surface area contributed by atoms with E-state index in [1.807, 2.05) is 14.0 Å². The van der Waals surface area contributed by atoms with Crippen LogP contribution in [0.3, 0.4) is 0 Å². The van der Waals surface area contributed by atoms with Gasteiger partial charge in [-0.2, -0.15) is 5.10 Å². The van der Waals surface area contributed by atoms with Gasteiger partial charge in [-0.25, -0.2) is 8.78 Å². The Balaban J connectivity index is 1.76. The monoisotopic (exact) mass is 349 g/mol. The molecule has 7 heteroatoms. The molecule has 25 heavy (non-hydrogen) atoms. The van der Waals surface area contributed by atoms with Gasteiger partial charge in [-0.15, -0.1) is 0 Å². The fraction of sp³-hybridized carbons (Fsp3) is 0.444. The number of amides is 1. The van der Waals surface area contributed by atoms with Gasteiger partial charge in [0.05, 0.1) is 18.3 Å². The van der Waals surface area contributed by atoms with Crippen molar-refractivity contribution in [3.8, 4) is 0 Å². The number of β-amino-alcohol motifs (C(OH)–C–C–N with tert-alkyl or cyclic N) is 1. The summed E-state index contributed by atoms with van der Waals surface area (Å²) in [6.07, 6.45) is 1.94. The number of carbonyl (C=O) groups excluding carboxylic acids is 1. The quantitative estimate of drug-likeness (QED) is 0.921. The first-order valence-electron chi connectivity index (χ1n) is 8.26. The normalized spacial score (nSPS) is 20.3. The van der Waals surface area contributed by atoms with Crippen molar-refractivity contribution in [2.45, 2.75) is 38.3 Å². The van der Waals surface area contributed by atoms with Crippen LogP contribution in [-0.2, 0) is 18.3 Å². The van der Waals surface area contributed by atoms with E-state index < -0.39 is 23.8 Å². The molecule has 2 aromatic rings. The summed E-state index contributed by atoms with van der Waals surface area (Å²) in [6, 6.07) is 2.55. The first kappa shape index (κ1) is 17.5. The average Bonchev–Trinajstić information content (AvgIpc) is 3.11. The predicted molar refractivity (Wildman–Crippen MR) is 87.7 cm³/mol. The Hall–Kier alpha value is -2.28. The number of aliphatic hydroxyl groups is 1. The molecule has 1 saturated heterocycles. The van der Waals surface area contributed by atoms with Crippen LogP contribution in [0.15, 0.2) is 24.4 Å². The van der Waals surface area contributed by atoms with Crippen LogP contribution >= 0.6 is 0 Å². The van der Waals surface area contributed by atoms with Crippen LogP contribution in [0.5, 0.6) is 0 Å². The van der Waals surface area contributed by atoms with Gasteiger partial charge < -0.3 is 10.0 Å². The maximum Gasteiger partial charge on any atom is 0.223 e. The summed E-state index contributed by atoms with van der Waals surface area (Å²) in [5.74, 6) is -1.31. The number of carbonyl (C=O) groups is 1. The van der Waals surface area contributed by atoms with E-state index in [4.69, 9.17) is 0 Å².